The summed E-state index contributed by atoms with van der Waals surface area (Å²) >= 11 is 0. The van der Waals surface area contributed by atoms with Gasteiger partial charge in [-0.3, -0.25) is 10.2 Å². The van der Waals surface area contributed by atoms with Crippen molar-refractivity contribution in [2.75, 3.05) is 0 Å². The second kappa shape index (κ2) is 3.23. The first-order valence-electron chi connectivity index (χ1n) is 3.39. The Morgan fingerprint density at radius 2 is 2.31 bits per heavy atom. The summed E-state index contributed by atoms with van der Waals surface area (Å²) in [6, 6.07) is 2.57. The molecule has 70 valence electrons. The van der Waals surface area contributed by atoms with Crippen LogP contribution in [0.4, 0.5) is 5.82 Å². The number of carbonyl (C=O) groups excluding carboxylic acids is 1. The standard InChI is InChI=1S/C6H8N4O3/c1-9-4(6(11)8-7)2-3-5(9)10(12)13/h2-3H,7H2,1H3,(H,8,11). The SMILES string of the molecule is Cn1c(C(=O)NN)ccc1[N+](=O)[O-]. The van der Waals surface area contributed by atoms with E-state index in [9.17, 15) is 14.9 Å². The van der Waals surface area contributed by atoms with Gasteiger partial charge in [0, 0.05) is 6.07 Å². The Bertz CT molecular complexity index is 357. The van der Waals surface area contributed by atoms with Gasteiger partial charge >= 0.3 is 11.7 Å². The number of nitrogen functional groups attached to an aromatic ring is 1. The van der Waals surface area contributed by atoms with Gasteiger partial charge in [0.25, 0.3) is 0 Å². The fourth-order valence-electron chi connectivity index (χ4n) is 0.986. The third kappa shape index (κ3) is 1.49. The van der Waals surface area contributed by atoms with Gasteiger partial charge in [0.05, 0.1) is 7.05 Å². The second-order valence-electron chi connectivity index (χ2n) is 2.37. The van der Waals surface area contributed by atoms with Gasteiger partial charge in [0.2, 0.25) is 0 Å². The van der Waals surface area contributed by atoms with Crippen molar-refractivity contribution in [3.8, 4) is 0 Å². The molecule has 0 aliphatic rings. The number of nitrogens with one attached hydrogen (secondary N) is 1. The molecule has 0 aliphatic carbocycles. The molecule has 0 radical (unpaired) electrons. The number of nitro groups is 1. The van der Waals surface area contributed by atoms with Crippen LogP contribution in [-0.4, -0.2) is 15.4 Å². The number of nitrogens with two attached hydrogens (primary N) is 1. The van der Waals surface area contributed by atoms with Crippen LogP contribution in [-0.2, 0) is 7.05 Å². The third-order valence-corrected chi connectivity index (χ3v) is 1.65. The fourth-order valence-corrected chi connectivity index (χ4v) is 0.986. The number of hydrazine groups is 1. The summed E-state index contributed by atoms with van der Waals surface area (Å²) in [5.74, 6) is 4.16. The molecule has 0 saturated heterocycles. The molecule has 1 aromatic rings. The van der Waals surface area contributed by atoms with Crippen molar-refractivity contribution in [2.45, 2.75) is 0 Å². The molecule has 1 rings (SSSR count). The minimum absolute atomic E-state index is 0.147. The zero-order chi connectivity index (χ0) is 10.0. The summed E-state index contributed by atoms with van der Waals surface area (Å²) in [5.41, 5.74) is 2.04. The lowest BCUT2D eigenvalue weighted by molar-refractivity contribution is -0.391. The predicted molar refractivity (Wildman–Crippen MR) is 43.7 cm³/mol. The zero-order valence-corrected chi connectivity index (χ0v) is 6.85. The number of hydrogen-bond acceptors (Lipinski definition) is 4. The largest absolute Gasteiger partial charge is 0.358 e. The Balaban J connectivity index is 3.13. The Hall–Kier alpha value is -1.89. The molecule has 0 unspecified atom stereocenters. The number of carbonyl (C=O) groups is 1. The van der Waals surface area contributed by atoms with Crippen molar-refractivity contribution in [2.24, 2.45) is 12.9 Å². The maximum atomic E-state index is 11.0. The summed E-state index contributed by atoms with van der Waals surface area (Å²) in [6.07, 6.45) is 0. The lowest BCUT2D eigenvalue weighted by atomic mass is 10.4. The van der Waals surface area contributed by atoms with Crippen LogP contribution in [0.3, 0.4) is 0 Å². The fraction of sp³-hybridized carbons (Fsp3) is 0.167. The van der Waals surface area contributed by atoms with Crippen LogP contribution >= 0.6 is 0 Å². The maximum absolute atomic E-state index is 11.0. The van der Waals surface area contributed by atoms with Crippen LogP contribution < -0.4 is 11.3 Å². The van der Waals surface area contributed by atoms with E-state index in [0.29, 0.717) is 0 Å². The van der Waals surface area contributed by atoms with Gasteiger partial charge in [-0.2, -0.15) is 0 Å². The zero-order valence-electron chi connectivity index (χ0n) is 6.85. The second-order valence-corrected chi connectivity index (χ2v) is 2.37. The molecule has 0 bridgehead atoms. The molecule has 0 atom stereocenters. The van der Waals surface area contributed by atoms with Crippen molar-refractivity contribution >= 4 is 11.7 Å². The minimum atomic E-state index is -0.576. The number of amides is 1. The first-order valence-corrected chi connectivity index (χ1v) is 3.39. The number of aromatic nitrogens is 1. The Morgan fingerprint density at radius 3 is 2.69 bits per heavy atom. The first kappa shape index (κ1) is 9.20. The Kier molecular flexibility index (Phi) is 2.29. The number of hydrogen-bond donors (Lipinski definition) is 2. The average molecular weight is 184 g/mol. The molecule has 0 saturated carbocycles. The highest BCUT2D eigenvalue weighted by molar-refractivity contribution is 5.92. The van der Waals surface area contributed by atoms with Crippen molar-refractivity contribution in [1.82, 2.24) is 9.99 Å². The molecule has 0 aromatic carbocycles. The monoisotopic (exact) mass is 184 g/mol. The Morgan fingerprint density at radius 1 is 1.69 bits per heavy atom. The number of nitrogens with zero attached hydrogens (tertiary/aromatic N) is 2. The average Bonchev–Trinajstić information content (AvgIpc) is 2.46. The molecule has 0 fully saturated rings. The van der Waals surface area contributed by atoms with Crippen LogP contribution in [0.15, 0.2) is 12.1 Å². The van der Waals surface area contributed by atoms with Crippen LogP contribution in [0.5, 0.6) is 0 Å². The smallest absolute Gasteiger partial charge is 0.323 e. The van der Waals surface area contributed by atoms with E-state index in [0.717, 1.165) is 4.57 Å². The first-order chi connectivity index (χ1) is 6.07. The molecule has 1 heterocycles. The van der Waals surface area contributed by atoms with E-state index < -0.39 is 10.8 Å². The van der Waals surface area contributed by atoms with Crippen LogP contribution in [0.25, 0.3) is 0 Å². The summed E-state index contributed by atoms with van der Waals surface area (Å²) in [5, 5.41) is 10.4. The van der Waals surface area contributed by atoms with Crippen molar-refractivity contribution in [3.05, 3.63) is 27.9 Å². The van der Waals surface area contributed by atoms with E-state index in [4.69, 9.17) is 5.84 Å². The molecule has 7 heteroatoms. The van der Waals surface area contributed by atoms with Gasteiger partial charge in [-0.1, -0.05) is 0 Å². The van der Waals surface area contributed by atoms with E-state index in [2.05, 4.69) is 0 Å². The predicted octanol–water partition coefficient (Wildman–Crippen LogP) is -0.463. The van der Waals surface area contributed by atoms with Gasteiger partial charge in [-0.25, -0.2) is 10.4 Å². The summed E-state index contributed by atoms with van der Waals surface area (Å²) < 4.78 is 1.15. The van der Waals surface area contributed by atoms with Crippen molar-refractivity contribution in [1.29, 1.82) is 0 Å². The van der Waals surface area contributed by atoms with Gasteiger partial charge < -0.3 is 10.1 Å². The normalized spacial score (nSPS) is 9.69. The van der Waals surface area contributed by atoms with E-state index in [1.54, 1.807) is 0 Å². The van der Waals surface area contributed by atoms with Gasteiger partial charge in [0.15, 0.2) is 5.69 Å². The Labute approximate surface area is 73.3 Å². The highest BCUT2D eigenvalue weighted by atomic mass is 16.6. The van der Waals surface area contributed by atoms with Crippen molar-refractivity contribution < 1.29 is 9.72 Å². The third-order valence-electron chi connectivity index (χ3n) is 1.65. The lowest BCUT2D eigenvalue weighted by Crippen LogP contribution is -2.31. The molecule has 0 aliphatic heterocycles. The van der Waals surface area contributed by atoms with Crippen LogP contribution in [0.2, 0.25) is 0 Å². The van der Waals surface area contributed by atoms with Gasteiger partial charge in [-0.15, -0.1) is 0 Å². The molecule has 1 amide bonds. The molecule has 7 nitrogen and oxygen atoms in total. The summed E-state index contributed by atoms with van der Waals surface area (Å²) in [7, 11) is 1.42. The molecular weight excluding hydrogens is 176 g/mol. The van der Waals surface area contributed by atoms with Gasteiger partial charge in [-0.05, 0) is 11.0 Å². The highest BCUT2D eigenvalue weighted by Gasteiger charge is 2.19. The quantitative estimate of drug-likeness (QED) is 0.281. The molecule has 0 spiro atoms. The molecule has 13 heavy (non-hydrogen) atoms. The molecule has 1 aromatic heterocycles. The maximum Gasteiger partial charge on any atom is 0.323 e. The van der Waals surface area contributed by atoms with E-state index in [1.807, 2.05) is 5.43 Å². The van der Waals surface area contributed by atoms with E-state index in [1.165, 1.54) is 19.2 Å². The molecule has 3 N–H and O–H groups in total. The van der Waals surface area contributed by atoms with E-state index in [-0.39, 0.29) is 11.5 Å². The summed E-state index contributed by atoms with van der Waals surface area (Å²) in [4.78, 5) is 20.8. The van der Waals surface area contributed by atoms with Crippen molar-refractivity contribution in [3.63, 3.8) is 0 Å². The summed E-state index contributed by atoms with van der Waals surface area (Å²) in [6.45, 7) is 0. The molecular formula is C6H8N4O3. The van der Waals surface area contributed by atoms with Crippen LogP contribution in [0.1, 0.15) is 10.5 Å². The topological polar surface area (TPSA) is 103 Å². The lowest BCUT2D eigenvalue weighted by Gasteiger charge is -1.98. The highest BCUT2D eigenvalue weighted by Crippen LogP contribution is 2.14. The minimum Gasteiger partial charge on any atom is -0.358 e. The van der Waals surface area contributed by atoms with Gasteiger partial charge in [0.1, 0.15) is 0 Å². The number of rotatable bonds is 2. The van der Waals surface area contributed by atoms with E-state index >= 15 is 0 Å². The van der Waals surface area contributed by atoms with Crippen LogP contribution in [0, 0.1) is 10.1 Å².